The number of rotatable bonds is 4. The van der Waals surface area contributed by atoms with Gasteiger partial charge in [0.25, 0.3) is 20.0 Å². The highest BCUT2D eigenvalue weighted by Gasteiger charge is 2.37. The van der Waals surface area contributed by atoms with E-state index >= 15 is 0 Å². The summed E-state index contributed by atoms with van der Waals surface area (Å²) < 4.78 is 55.7. The molecule has 4 rings (SSSR count). The van der Waals surface area contributed by atoms with Gasteiger partial charge in [-0.25, -0.2) is 16.8 Å². The number of hydrogen-bond donors (Lipinski definition) is 0. The summed E-state index contributed by atoms with van der Waals surface area (Å²) in [6.07, 6.45) is 0. The first-order chi connectivity index (χ1) is 15.1. The summed E-state index contributed by atoms with van der Waals surface area (Å²) in [5.41, 5.74) is 2.06. The van der Waals surface area contributed by atoms with Gasteiger partial charge in [-0.1, -0.05) is 47.5 Å². The van der Waals surface area contributed by atoms with Gasteiger partial charge in [0.05, 0.1) is 34.3 Å². The lowest BCUT2D eigenvalue weighted by Crippen LogP contribution is -2.37. The van der Waals surface area contributed by atoms with E-state index in [9.17, 15) is 21.6 Å². The quantitative estimate of drug-likeness (QED) is 0.584. The molecule has 0 unspecified atom stereocenters. The van der Waals surface area contributed by atoms with Crippen molar-refractivity contribution in [2.75, 3.05) is 21.7 Å². The number of para-hydroxylation sites is 2. The Morgan fingerprint density at radius 1 is 0.594 bits per heavy atom. The lowest BCUT2D eigenvalue weighted by molar-refractivity contribution is -0.116. The summed E-state index contributed by atoms with van der Waals surface area (Å²) in [5.74, 6) is -0.535. The normalized spacial score (nSPS) is 14.8. The standard InChI is InChI=1S/C23H22N2O5S2/c1-17-7-11-20(12-8-17)31(27,28)24-15-19(26)16-25(23-6-4-3-5-22(23)24)32(29,30)21-13-9-18(2)10-14-21/h3-14H,15-16H2,1-2H3. The van der Waals surface area contributed by atoms with Crippen LogP contribution in [0.25, 0.3) is 0 Å². The fourth-order valence-electron chi connectivity index (χ4n) is 3.53. The van der Waals surface area contributed by atoms with E-state index in [1.54, 1.807) is 36.4 Å². The van der Waals surface area contributed by atoms with E-state index in [1.165, 1.54) is 36.4 Å². The Morgan fingerprint density at radius 2 is 0.938 bits per heavy atom. The Kier molecular flexibility index (Phi) is 5.56. The number of benzene rings is 3. The monoisotopic (exact) mass is 470 g/mol. The molecule has 0 spiro atoms. The van der Waals surface area contributed by atoms with E-state index < -0.39 is 38.9 Å². The minimum atomic E-state index is -4.10. The van der Waals surface area contributed by atoms with Crippen LogP contribution in [-0.4, -0.2) is 35.7 Å². The van der Waals surface area contributed by atoms with E-state index in [4.69, 9.17) is 0 Å². The number of carbonyl (C=O) groups excluding carboxylic acids is 1. The molecule has 0 atom stereocenters. The number of carbonyl (C=O) groups is 1. The minimum absolute atomic E-state index is 0.0283. The van der Waals surface area contributed by atoms with Crippen molar-refractivity contribution in [2.24, 2.45) is 0 Å². The lowest BCUT2D eigenvalue weighted by Gasteiger charge is -2.26. The predicted octanol–water partition coefficient (Wildman–Crippen LogP) is 3.28. The zero-order valence-corrected chi connectivity index (χ0v) is 19.2. The van der Waals surface area contributed by atoms with Crippen LogP contribution in [0.3, 0.4) is 0 Å². The highest BCUT2D eigenvalue weighted by molar-refractivity contribution is 7.93. The van der Waals surface area contributed by atoms with Crippen LogP contribution in [0.15, 0.2) is 82.6 Å². The van der Waals surface area contributed by atoms with Crippen LogP contribution in [0.1, 0.15) is 11.1 Å². The van der Waals surface area contributed by atoms with Crippen LogP contribution in [0.5, 0.6) is 0 Å². The van der Waals surface area contributed by atoms with Crippen molar-refractivity contribution in [3.05, 3.63) is 83.9 Å². The fourth-order valence-corrected chi connectivity index (χ4v) is 6.45. The number of anilines is 2. The Bertz CT molecular complexity index is 1270. The minimum Gasteiger partial charge on any atom is -0.296 e. The van der Waals surface area contributed by atoms with Gasteiger partial charge in [-0.3, -0.25) is 13.4 Å². The summed E-state index contributed by atoms with van der Waals surface area (Å²) in [6, 6.07) is 18.8. The second-order valence-electron chi connectivity index (χ2n) is 7.68. The van der Waals surface area contributed by atoms with Crippen molar-refractivity contribution in [1.82, 2.24) is 0 Å². The predicted molar refractivity (Wildman–Crippen MR) is 123 cm³/mol. The van der Waals surface area contributed by atoms with Gasteiger partial charge < -0.3 is 0 Å². The Balaban J connectivity index is 1.87. The van der Waals surface area contributed by atoms with Crippen LogP contribution in [0, 0.1) is 13.8 Å². The Labute approximate surface area is 188 Å². The molecular formula is C23H22N2O5S2. The SMILES string of the molecule is Cc1ccc(S(=O)(=O)N2CC(=O)CN(S(=O)(=O)c3ccc(C)cc3)c3ccccc32)cc1. The number of nitrogens with zero attached hydrogens (tertiary/aromatic N) is 2. The molecular weight excluding hydrogens is 448 g/mol. The summed E-state index contributed by atoms with van der Waals surface area (Å²) in [4.78, 5) is 12.9. The number of fused-ring (bicyclic) bond motifs is 1. The van der Waals surface area contributed by atoms with Gasteiger partial charge in [0.2, 0.25) is 0 Å². The van der Waals surface area contributed by atoms with Crippen LogP contribution in [0.2, 0.25) is 0 Å². The van der Waals surface area contributed by atoms with Gasteiger partial charge in [-0.2, -0.15) is 0 Å². The third-order valence-corrected chi connectivity index (χ3v) is 8.82. The molecule has 1 heterocycles. The lowest BCUT2D eigenvalue weighted by atomic mass is 10.2. The third-order valence-electron chi connectivity index (χ3n) is 5.28. The first kappa shape index (κ1) is 22.0. The molecule has 3 aromatic carbocycles. The molecule has 0 bridgehead atoms. The maximum absolute atomic E-state index is 13.4. The number of ketones is 1. The van der Waals surface area contributed by atoms with Gasteiger partial charge in [-0.05, 0) is 50.2 Å². The summed E-state index contributed by atoms with van der Waals surface area (Å²) >= 11 is 0. The second-order valence-corrected chi connectivity index (χ2v) is 11.4. The maximum atomic E-state index is 13.4. The van der Waals surface area contributed by atoms with Gasteiger partial charge in [0, 0.05) is 0 Å². The molecule has 0 radical (unpaired) electrons. The molecule has 1 aliphatic heterocycles. The van der Waals surface area contributed by atoms with E-state index in [-0.39, 0.29) is 21.2 Å². The zero-order valence-electron chi connectivity index (χ0n) is 17.6. The van der Waals surface area contributed by atoms with E-state index in [0.29, 0.717) is 0 Å². The number of Topliss-reactive ketones (excluding diaryl/α,β-unsaturated/α-hetero) is 1. The van der Waals surface area contributed by atoms with Crippen molar-refractivity contribution >= 4 is 37.2 Å². The average Bonchev–Trinajstić information content (AvgIpc) is 2.92. The molecule has 7 nitrogen and oxygen atoms in total. The largest absolute Gasteiger partial charge is 0.296 e. The van der Waals surface area contributed by atoms with Crippen molar-refractivity contribution in [2.45, 2.75) is 23.6 Å². The van der Waals surface area contributed by atoms with E-state index in [2.05, 4.69) is 0 Å². The van der Waals surface area contributed by atoms with E-state index in [0.717, 1.165) is 19.7 Å². The van der Waals surface area contributed by atoms with E-state index in [1.807, 2.05) is 13.8 Å². The summed E-state index contributed by atoms with van der Waals surface area (Å²) in [5, 5.41) is 0. The molecule has 0 aliphatic carbocycles. The first-order valence-electron chi connectivity index (χ1n) is 9.90. The number of sulfonamides is 2. The average molecular weight is 471 g/mol. The molecule has 0 N–H and O–H groups in total. The molecule has 0 amide bonds. The van der Waals surface area contributed by atoms with Crippen molar-refractivity contribution < 1.29 is 21.6 Å². The fraction of sp³-hybridized carbons (Fsp3) is 0.174. The molecule has 166 valence electrons. The molecule has 0 aromatic heterocycles. The highest BCUT2D eigenvalue weighted by Crippen LogP contribution is 2.37. The van der Waals surface area contributed by atoms with Crippen molar-refractivity contribution in [3.63, 3.8) is 0 Å². The molecule has 0 fully saturated rings. The maximum Gasteiger partial charge on any atom is 0.264 e. The van der Waals surface area contributed by atoms with Crippen molar-refractivity contribution in [1.29, 1.82) is 0 Å². The summed E-state index contributed by atoms with van der Waals surface area (Å²) in [7, 11) is -8.19. The molecule has 0 saturated heterocycles. The molecule has 0 saturated carbocycles. The van der Waals surface area contributed by atoms with Gasteiger partial charge in [0.15, 0.2) is 5.78 Å². The topological polar surface area (TPSA) is 91.8 Å². The third kappa shape index (κ3) is 3.89. The Morgan fingerprint density at radius 3 is 1.28 bits per heavy atom. The van der Waals surface area contributed by atoms with Crippen LogP contribution < -0.4 is 8.61 Å². The highest BCUT2D eigenvalue weighted by atomic mass is 32.2. The zero-order chi connectivity index (χ0) is 23.1. The van der Waals surface area contributed by atoms with Gasteiger partial charge >= 0.3 is 0 Å². The van der Waals surface area contributed by atoms with Crippen molar-refractivity contribution in [3.8, 4) is 0 Å². The van der Waals surface area contributed by atoms with Crippen LogP contribution >= 0.6 is 0 Å². The van der Waals surface area contributed by atoms with Gasteiger partial charge in [-0.15, -0.1) is 0 Å². The Hall–Kier alpha value is -3.17. The molecule has 1 aliphatic rings. The summed E-state index contributed by atoms with van der Waals surface area (Å²) in [6.45, 7) is 2.75. The number of hydrogen-bond acceptors (Lipinski definition) is 5. The molecule has 3 aromatic rings. The van der Waals surface area contributed by atoms with Crippen LogP contribution in [-0.2, 0) is 24.8 Å². The van der Waals surface area contributed by atoms with Gasteiger partial charge in [0.1, 0.15) is 0 Å². The smallest absolute Gasteiger partial charge is 0.264 e. The number of aryl methyl sites for hydroxylation is 2. The molecule has 9 heteroatoms. The second kappa shape index (κ2) is 8.07. The first-order valence-corrected chi connectivity index (χ1v) is 12.8. The molecule has 32 heavy (non-hydrogen) atoms. The van der Waals surface area contributed by atoms with Crippen LogP contribution in [0.4, 0.5) is 11.4 Å².